The molecule has 0 aromatic rings. The first-order valence-electron chi connectivity index (χ1n) is 3.02. The molecule has 76 valence electrons. The zero-order valence-electron chi connectivity index (χ0n) is 6.76. The summed E-state index contributed by atoms with van der Waals surface area (Å²) < 4.78 is 31.6. The molecule has 0 aliphatic rings. The predicted molar refractivity (Wildman–Crippen MR) is 38.5 cm³/mol. The normalized spacial score (nSPS) is 10.3. The van der Waals surface area contributed by atoms with Crippen LogP contribution in [0.25, 0.3) is 0 Å². The van der Waals surface area contributed by atoms with Crippen molar-refractivity contribution in [2.45, 2.75) is 13.8 Å². The summed E-state index contributed by atoms with van der Waals surface area (Å²) in [4.78, 5) is 8.70. The molecule has 0 bridgehead atoms. The molecule has 12 heavy (non-hydrogen) atoms. The predicted octanol–water partition coefficient (Wildman–Crippen LogP) is 0.253. The molecule has 0 unspecified atom stereocenters. The van der Waals surface area contributed by atoms with E-state index < -0.39 is 10.4 Å². The van der Waals surface area contributed by atoms with Crippen molar-refractivity contribution in [1.82, 2.24) is 0 Å². The Morgan fingerprint density at radius 3 is 1.50 bits per heavy atom. The van der Waals surface area contributed by atoms with Crippen molar-refractivity contribution in [3.63, 3.8) is 0 Å². The van der Waals surface area contributed by atoms with Gasteiger partial charge in [0.25, 0.3) is 0 Å². The van der Waals surface area contributed by atoms with Gasteiger partial charge in [-0.1, -0.05) is 5.04 Å². The van der Waals surface area contributed by atoms with Gasteiger partial charge in [-0.3, -0.25) is 9.11 Å². The molecular weight excluding hydrogens is 192 g/mol. The van der Waals surface area contributed by atoms with Crippen molar-refractivity contribution in [1.29, 1.82) is 0 Å². The van der Waals surface area contributed by atoms with E-state index >= 15 is 0 Å². The lowest BCUT2D eigenvalue weighted by Gasteiger charge is -1.94. The van der Waals surface area contributed by atoms with Crippen molar-refractivity contribution in [2.75, 3.05) is 13.2 Å². The molecule has 0 aliphatic heterocycles. The van der Waals surface area contributed by atoms with Gasteiger partial charge in [0, 0.05) is 0 Å². The minimum absolute atomic E-state index is 0.514. The van der Waals surface area contributed by atoms with Gasteiger partial charge < -0.3 is 0 Å². The molecule has 0 atom stereocenters. The second-order valence-corrected chi connectivity index (χ2v) is 2.22. The molecule has 0 spiro atoms. The third-order valence-electron chi connectivity index (χ3n) is 0.332. The van der Waals surface area contributed by atoms with Crippen LogP contribution in [0.2, 0.25) is 0 Å². The van der Waals surface area contributed by atoms with E-state index in [1.54, 1.807) is 0 Å². The van der Waals surface area contributed by atoms with Gasteiger partial charge in [-0.2, -0.15) is 8.42 Å². The molecule has 0 saturated heterocycles. The van der Waals surface area contributed by atoms with Crippen LogP contribution in [-0.4, -0.2) is 30.7 Å². The second kappa shape index (κ2) is 8.84. The fourth-order valence-electron chi connectivity index (χ4n) is 0.130. The van der Waals surface area contributed by atoms with E-state index in [1.165, 1.54) is 0 Å². The lowest BCUT2D eigenvalue weighted by Crippen LogP contribution is -1.94. The van der Waals surface area contributed by atoms with Gasteiger partial charge in [0.1, 0.15) is 0 Å². The molecule has 0 aromatic carbocycles. The molecule has 2 N–H and O–H groups in total. The highest BCUT2D eigenvalue weighted by atomic mass is 32.3. The monoisotopic (exact) mass is 204 g/mol. The zero-order chi connectivity index (χ0) is 10.0. The third-order valence-corrected chi connectivity index (χ3v) is 0.332. The Labute approximate surface area is 70.7 Å². The van der Waals surface area contributed by atoms with Crippen molar-refractivity contribution in [3.05, 3.63) is 0 Å². The summed E-state index contributed by atoms with van der Waals surface area (Å²) in [5.41, 5.74) is 0. The van der Waals surface area contributed by atoms with Gasteiger partial charge in [0.2, 0.25) is 0 Å². The molecular formula is C4H12O7S. The van der Waals surface area contributed by atoms with Gasteiger partial charge in [-0.15, -0.1) is 0 Å². The lowest BCUT2D eigenvalue weighted by atomic mass is 10.9. The summed E-state index contributed by atoms with van der Waals surface area (Å²) in [5.74, 6) is 0. The van der Waals surface area contributed by atoms with Crippen LogP contribution < -0.4 is 0 Å². The molecule has 0 aromatic heterocycles. The average Bonchev–Trinajstić information content (AvgIpc) is 1.85. The summed E-state index contributed by atoms with van der Waals surface area (Å²) in [5, 5.41) is 4.13. The summed E-state index contributed by atoms with van der Waals surface area (Å²) >= 11 is 0. The second-order valence-electron chi connectivity index (χ2n) is 1.33. The minimum atomic E-state index is -4.67. The van der Waals surface area contributed by atoms with E-state index in [4.69, 9.17) is 17.5 Å². The summed E-state index contributed by atoms with van der Waals surface area (Å²) in [6, 6.07) is 0. The van der Waals surface area contributed by atoms with Crippen LogP contribution in [0.3, 0.4) is 0 Å². The molecule has 0 amide bonds. The van der Waals surface area contributed by atoms with Crippen molar-refractivity contribution in [2.24, 2.45) is 0 Å². The molecule has 0 fully saturated rings. The summed E-state index contributed by atoms with van der Waals surface area (Å²) in [6.45, 7) is 4.66. The molecule has 0 saturated carbocycles. The number of hydrogen-bond acceptors (Lipinski definition) is 5. The standard InChI is InChI=1S/C4H10O3.H2O4S/c1-3-5-7-6-4-2;1-5(2,3)4/h3-4H2,1-2H3;(H2,1,2,3,4). The maximum absolute atomic E-state index is 8.74. The Hall–Kier alpha value is -0.250. The van der Waals surface area contributed by atoms with Crippen LogP contribution in [0.4, 0.5) is 0 Å². The Kier molecular flexibility index (Phi) is 10.5. The molecule has 0 rings (SSSR count). The largest absolute Gasteiger partial charge is 0.394 e. The van der Waals surface area contributed by atoms with Crippen molar-refractivity contribution in [3.8, 4) is 0 Å². The van der Waals surface area contributed by atoms with E-state index in [0.29, 0.717) is 13.2 Å². The Morgan fingerprint density at radius 1 is 1.08 bits per heavy atom. The van der Waals surface area contributed by atoms with Crippen LogP contribution in [0.5, 0.6) is 0 Å². The Bertz CT molecular complexity index is 150. The van der Waals surface area contributed by atoms with Crippen LogP contribution in [-0.2, 0) is 25.2 Å². The smallest absolute Gasteiger partial charge is 0.264 e. The molecule has 0 radical (unpaired) electrons. The van der Waals surface area contributed by atoms with Crippen LogP contribution in [0.1, 0.15) is 13.8 Å². The summed E-state index contributed by atoms with van der Waals surface area (Å²) in [6.07, 6.45) is 0. The highest BCUT2D eigenvalue weighted by molar-refractivity contribution is 7.79. The topological polar surface area (TPSA) is 102 Å². The fraction of sp³-hybridized carbons (Fsp3) is 1.00. The van der Waals surface area contributed by atoms with Crippen molar-refractivity contribution < 1.29 is 32.3 Å². The van der Waals surface area contributed by atoms with Gasteiger partial charge in [0.15, 0.2) is 0 Å². The minimum Gasteiger partial charge on any atom is -0.264 e. The zero-order valence-corrected chi connectivity index (χ0v) is 7.57. The maximum Gasteiger partial charge on any atom is 0.394 e. The summed E-state index contributed by atoms with van der Waals surface area (Å²) in [7, 11) is -4.67. The SMILES string of the molecule is CCOOOCC.O=S(=O)(O)O. The molecule has 8 heteroatoms. The van der Waals surface area contributed by atoms with E-state index in [0.717, 1.165) is 0 Å². The van der Waals surface area contributed by atoms with Gasteiger partial charge >= 0.3 is 10.4 Å². The first-order valence-corrected chi connectivity index (χ1v) is 4.42. The molecule has 0 heterocycles. The van der Waals surface area contributed by atoms with E-state index in [1.807, 2.05) is 13.8 Å². The van der Waals surface area contributed by atoms with Crippen molar-refractivity contribution >= 4 is 10.4 Å². The first-order chi connectivity index (χ1) is 5.41. The number of hydrogen-bond donors (Lipinski definition) is 2. The first kappa shape index (κ1) is 14.3. The average molecular weight is 204 g/mol. The van der Waals surface area contributed by atoms with Gasteiger partial charge in [-0.25, -0.2) is 9.78 Å². The fourth-order valence-corrected chi connectivity index (χ4v) is 0.130. The van der Waals surface area contributed by atoms with Crippen LogP contribution in [0, 0.1) is 0 Å². The Balaban J connectivity index is 0. The van der Waals surface area contributed by atoms with E-state index in [-0.39, 0.29) is 0 Å². The quantitative estimate of drug-likeness (QED) is 0.293. The van der Waals surface area contributed by atoms with E-state index in [2.05, 4.69) is 14.8 Å². The highest BCUT2D eigenvalue weighted by Gasteiger charge is 1.84. The highest BCUT2D eigenvalue weighted by Crippen LogP contribution is 1.77. The third kappa shape index (κ3) is 53.1. The Morgan fingerprint density at radius 2 is 1.33 bits per heavy atom. The van der Waals surface area contributed by atoms with Crippen LogP contribution >= 0.6 is 0 Å². The molecule has 0 aliphatic carbocycles. The number of rotatable bonds is 4. The van der Waals surface area contributed by atoms with Gasteiger partial charge in [-0.05, 0) is 13.8 Å². The maximum atomic E-state index is 8.74. The van der Waals surface area contributed by atoms with E-state index in [9.17, 15) is 0 Å². The molecule has 7 nitrogen and oxygen atoms in total. The van der Waals surface area contributed by atoms with Gasteiger partial charge in [0.05, 0.1) is 13.2 Å². The van der Waals surface area contributed by atoms with Crippen LogP contribution in [0.15, 0.2) is 0 Å². The lowest BCUT2D eigenvalue weighted by molar-refractivity contribution is -0.509.